The molecular formula is C9H8F4O3. The second kappa shape index (κ2) is 5.11. The molecule has 0 saturated carbocycles. The van der Waals surface area contributed by atoms with Gasteiger partial charge in [0.2, 0.25) is 0 Å². The second-order valence-electron chi connectivity index (χ2n) is 2.99. The molecule has 0 unspecified atom stereocenters. The van der Waals surface area contributed by atoms with Crippen LogP contribution in [0.3, 0.4) is 0 Å². The van der Waals surface area contributed by atoms with E-state index in [-0.39, 0.29) is 5.56 Å². The molecule has 0 aliphatic heterocycles. The van der Waals surface area contributed by atoms with Gasteiger partial charge >= 0.3 is 12.3 Å². The van der Waals surface area contributed by atoms with Gasteiger partial charge in [0, 0.05) is 0 Å². The Kier molecular flexibility index (Phi) is 4.05. The van der Waals surface area contributed by atoms with Gasteiger partial charge in [0.15, 0.2) is 5.78 Å². The number of halogens is 4. The van der Waals surface area contributed by atoms with E-state index >= 15 is 0 Å². The molecule has 7 heteroatoms. The lowest BCUT2D eigenvalue weighted by atomic mass is 10.2. The molecule has 1 aromatic heterocycles. The highest BCUT2D eigenvalue weighted by Crippen LogP contribution is 2.22. The van der Waals surface area contributed by atoms with Crippen LogP contribution in [0.2, 0.25) is 0 Å². The van der Waals surface area contributed by atoms with E-state index in [0.29, 0.717) is 0 Å². The molecule has 0 aliphatic rings. The topological polar surface area (TPSA) is 39.4 Å². The maximum Gasteiger partial charge on any atom is 0.330 e. The van der Waals surface area contributed by atoms with Gasteiger partial charge < -0.3 is 9.15 Å². The van der Waals surface area contributed by atoms with Crippen molar-refractivity contribution in [1.82, 2.24) is 0 Å². The molecule has 1 aromatic rings. The van der Waals surface area contributed by atoms with E-state index in [2.05, 4.69) is 9.15 Å². The van der Waals surface area contributed by atoms with Crippen LogP contribution in [0.25, 0.3) is 0 Å². The number of hydrogen-bond donors (Lipinski definition) is 0. The number of rotatable bonds is 6. The Morgan fingerprint density at radius 2 is 2.19 bits per heavy atom. The normalized spacial score (nSPS) is 12.1. The Bertz CT molecular complexity index is 335. The van der Waals surface area contributed by atoms with Crippen LogP contribution in [-0.2, 0) is 4.74 Å². The molecule has 0 saturated heterocycles. The minimum atomic E-state index is -4.24. The Morgan fingerprint density at radius 1 is 1.50 bits per heavy atom. The molecule has 0 bridgehead atoms. The molecule has 0 N–H and O–H groups in total. The second-order valence-corrected chi connectivity index (χ2v) is 2.99. The Labute approximate surface area is 88.0 Å². The number of carbonyl (C=O) groups excluding carboxylic acids is 1. The molecule has 0 atom stereocenters. The summed E-state index contributed by atoms with van der Waals surface area (Å²) >= 11 is 0. The summed E-state index contributed by atoms with van der Waals surface area (Å²) in [6.45, 7) is -2.18. The number of hydrogen-bond acceptors (Lipinski definition) is 3. The average Bonchev–Trinajstić information content (AvgIpc) is 2.69. The van der Waals surface area contributed by atoms with Gasteiger partial charge in [-0.25, -0.2) is 8.78 Å². The van der Waals surface area contributed by atoms with Gasteiger partial charge in [-0.05, 0) is 6.07 Å². The van der Waals surface area contributed by atoms with Crippen molar-refractivity contribution in [2.24, 2.45) is 0 Å². The van der Waals surface area contributed by atoms with E-state index < -0.39 is 31.3 Å². The van der Waals surface area contributed by atoms with Crippen LogP contribution in [0.5, 0.6) is 0 Å². The molecule has 90 valence electrons. The van der Waals surface area contributed by atoms with Crippen molar-refractivity contribution in [2.75, 3.05) is 13.2 Å². The number of ketones is 1. The summed E-state index contributed by atoms with van der Waals surface area (Å²) in [6, 6.07) is 1.32. The van der Waals surface area contributed by atoms with Crippen LogP contribution >= 0.6 is 0 Å². The third-order valence-corrected chi connectivity index (χ3v) is 1.69. The average molecular weight is 240 g/mol. The standard InChI is InChI=1S/C9H8F4O3/c10-8(11)9(12,13)5-16-4-7(14)6-1-2-15-3-6/h1-3,8H,4-5H2. The molecule has 0 amide bonds. The van der Waals surface area contributed by atoms with Crippen molar-refractivity contribution in [1.29, 1.82) is 0 Å². The van der Waals surface area contributed by atoms with E-state index in [4.69, 9.17) is 0 Å². The quantitative estimate of drug-likeness (QED) is 0.566. The molecule has 0 aliphatic carbocycles. The van der Waals surface area contributed by atoms with Gasteiger partial charge in [0.25, 0.3) is 0 Å². The number of alkyl halides is 4. The number of Topliss-reactive ketones (excluding diaryl/α,β-unsaturated/α-hetero) is 1. The molecule has 0 spiro atoms. The summed E-state index contributed by atoms with van der Waals surface area (Å²) in [7, 11) is 0. The van der Waals surface area contributed by atoms with E-state index in [0.717, 1.165) is 6.26 Å². The van der Waals surface area contributed by atoms with Gasteiger partial charge in [-0.3, -0.25) is 4.79 Å². The predicted molar refractivity (Wildman–Crippen MR) is 44.8 cm³/mol. The predicted octanol–water partition coefficient (Wildman–Crippen LogP) is 2.38. The molecule has 16 heavy (non-hydrogen) atoms. The first-order valence-electron chi connectivity index (χ1n) is 4.22. The molecule has 0 fully saturated rings. The van der Waals surface area contributed by atoms with Crippen molar-refractivity contribution >= 4 is 5.78 Å². The molecule has 0 aromatic carbocycles. The minimum absolute atomic E-state index is 0.139. The van der Waals surface area contributed by atoms with Gasteiger partial charge in [-0.15, -0.1) is 0 Å². The van der Waals surface area contributed by atoms with Crippen molar-refractivity contribution in [2.45, 2.75) is 12.3 Å². The zero-order chi connectivity index (χ0) is 12.2. The highest BCUT2D eigenvalue weighted by Gasteiger charge is 2.41. The van der Waals surface area contributed by atoms with Gasteiger partial charge in [-0.2, -0.15) is 8.78 Å². The summed E-state index contributed by atoms with van der Waals surface area (Å²) < 4.78 is 56.8. The van der Waals surface area contributed by atoms with Crippen LogP contribution in [0, 0.1) is 0 Å². The molecule has 1 rings (SSSR count). The Hall–Kier alpha value is -1.37. The smallest absolute Gasteiger partial charge is 0.330 e. The first-order chi connectivity index (χ1) is 7.43. The SMILES string of the molecule is O=C(COCC(F)(F)C(F)F)c1ccoc1. The summed E-state index contributed by atoms with van der Waals surface area (Å²) in [5.41, 5.74) is 0.139. The summed E-state index contributed by atoms with van der Waals surface area (Å²) in [4.78, 5) is 11.1. The van der Waals surface area contributed by atoms with Crippen molar-refractivity contribution in [3.63, 3.8) is 0 Å². The maximum absolute atomic E-state index is 12.3. The van der Waals surface area contributed by atoms with Crippen LogP contribution in [-0.4, -0.2) is 31.3 Å². The zero-order valence-corrected chi connectivity index (χ0v) is 7.96. The van der Waals surface area contributed by atoms with Crippen molar-refractivity contribution < 1.29 is 31.5 Å². The fourth-order valence-electron chi connectivity index (χ4n) is 0.849. The third-order valence-electron chi connectivity index (χ3n) is 1.69. The highest BCUT2D eigenvalue weighted by atomic mass is 19.3. The Balaban J connectivity index is 2.34. The molecule has 0 radical (unpaired) electrons. The van der Waals surface area contributed by atoms with E-state index in [1.54, 1.807) is 0 Å². The minimum Gasteiger partial charge on any atom is -0.472 e. The number of carbonyl (C=O) groups is 1. The molecule has 3 nitrogen and oxygen atoms in total. The van der Waals surface area contributed by atoms with Crippen LogP contribution in [0.4, 0.5) is 17.6 Å². The lowest BCUT2D eigenvalue weighted by Crippen LogP contribution is -2.33. The molecular weight excluding hydrogens is 232 g/mol. The zero-order valence-electron chi connectivity index (χ0n) is 7.96. The van der Waals surface area contributed by atoms with Gasteiger partial charge in [-0.1, -0.05) is 0 Å². The van der Waals surface area contributed by atoms with Crippen LogP contribution < -0.4 is 0 Å². The van der Waals surface area contributed by atoms with Crippen LogP contribution in [0.1, 0.15) is 10.4 Å². The number of ether oxygens (including phenoxy) is 1. The van der Waals surface area contributed by atoms with Gasteiger partial charge in [0.1, 0.15) is 19.5 Å². The van der Waals surface area contributed by atoms with E-state index in [1.807, 2.05) is 0 Å². The largest absolute Gasteiger partial charge is 0.472 e. The molecule has 1 heterocycles. The fraction of sp³-hybridized carbons (Fsp3) is 0.444. The summed E-state index contributed by atoms with van der Waals surface area (Å²) in [5, 5.41) is 0. The number of furan rings is 1. The first kappa shape index (κ1) is 12.7. The summed E-state index contributed by atoms with van der Waals surface area (Å²) in [5.74, 6) is -4.85. The maximum atomic E-state index is 12.3. The van der Waals surface area contributed by atoms with Gasteiger partial charge in [0.05, 0.1) is 11.8 Å². The summed E-state index contributed by atoms with van der Waals surface area (Å²) in [6.07, 6.45) is -1.48. The van der Waals surface area contributed by atoms with E-state index in [9.17, 15) is 22.4 Å². The third kappa shape index (κ3) is 3.34. The van der Waals surface area contributed by atoms with Crippen molar-refractivity contribution in [3.8, 4) is 0 Å². The first-order valence-corrected chi connectivity index (χ1v) is 4.22. The van der Waals surface area contributed by atoms with E-state index in [1.165, 1.54) is 12.3 Å². The Morgan fingerprint density at radius 3 is 2.69 bits per heavy atom. The fourth-order valence-corrected chi connectivity index (χ4v) is 0.849. The monoisotopic (exact) mass is 240 g/mol. The van der Waals surface area contributed by atoms with Crippen molar-refractivity contribution in [3.05, 3.63) is 24.2 Å². The highest BCUT2D eigenvalue weighted by molar-refractivity contribution is 5.96. The lowest BCUT2D eigenvalue weighted by Gasteiger charge is -2.14. The van der Waals surface area contributed by atoms with Crippen LogP contribution in [0.15, 0.2) is 23.0 Å². The lowest BCUT2D eigenvalue weighted by molar-refractivity contribution is -0.163.